The Kier molecular flexibility index (Phi) is 3.80. The molecule has 1 fully saturated rings. The third-order valence-electron chi connectivity index (χ3n) is 2.36. The molecule has 0 bridgehead atoms. The molecular formula is C8H16N2S2. The molecule has 2 nitrogen and oxygen atoms in total. The van der Waals surface area contributed by atoms with Gasteiger partial charge in [0.2, 0.25) is 0 Å². The largest absolute Gasteiger partial charge is 0.304 e. The van der Waals surface area contributed by atoms with E-state index in [4.69, 9.17) is 12.2 Å². The highest BCUT2D eigenvalue weighted by Crippen LogP contribution is 2.19. The molecule has 2 unspecified atom stereocenters. The molecule has 4 heteroatoms. The smallest absolute Gasteiger partial charge is 0.145 e. The fraction of sp³-hybridized carbons (Fsp3) is 0.875. The van der Waals surface area contributed by atoms with E-state index in [0.717, 1.165) is 12.5 Å². The quantitative estimate of drug-likeness (QED) is 0.501. The van der Waals surface area contributed by atoms with Crippen LogP contribution in [0.2, 0.25) is 0 Å². The standard InChI is InChI=1S/C8H16N2S2/c1-6-3-4-7(2)10(5-6)9-8(11)12/h6-7H,3-5H2,1-2H3,(H2,9,11,12). The predicted octanol–water partition coefficient (Wildman–Crippen LogP) is 1.83. The molecule has 1 N–H and O–H groups in total. The van der Waals surface area contributed by atoms with Crippen LogP contribution in [0.3, 0.4) is 0 Å². The second-order valence-corrected chi connectivity index (χ2v) is 4.76. The molecule has 1 aliphatic heterocycles. The Morgan fingerprint density at radius 3 is 2.75 bits per heavy atom. The summed E-state index contributed by atoms with van der Waals surface area (Å²) in [6.07, 6.45) is 2.56. The van der Waals surface area contributed by atoms with Crippen molar-refractivity contribution in [2.24, 2.45) is 5.92 Å². The Hall–Kier alpha value is 0.200. The fourth-order valence-electron chi connectivity index (χ4n) is 1.57. The van der Waals surface area contributed by atoms with Crippen LogP contribution in [0.25, 0.3) is 0 Å². The van der Waals surface area contributed by atoms with Crippen molar-refractivity contribution in [3.63, 3.8) is 0 Å². The maximum absolute atomic E-state index is 4.88. The van der Waals surface area contributed by atoms with Crippen LogP contribution >= 0.6 is 24.8 Å². The lowest BCUT2D eigenvalue weighted by Gasteiger charge is -2.36. The minimum absolute atomic E-state index is 0.566. The first kappa shape index (κ1) is 10.3. The van der Waals surface area contributed by atoms with E-state index in [1.807, 2.05) is 0 Å². The first-order chi connectivity index (χ1) is 5.59. The summed E-state index contributed by atoms with van der Waals surface area (Å²) in [5.74, 6) is 0.761. The molecule has 0 spiro atoms. The van der Waals surface area contributed by atoms with Gasteiger partial charge in [0.15, 0.2) is 0 Å². The van der Waals surface area contributed by atoms with Crippen molar-refractivity contribution in [3.8, 4) is 0 Å². The van der Waals surface area contributed by atoms with Gasteiger partial charge in [0, 0.05) is 12.6 Å². The van der Waals surface area contributed by atoms with Crippen LogP contribution < -0.4 is 5.43 Å². The second-order valence-electron chi connectivity index (χ2n) is 3.60. The maximum atomic E-state index is 4.88. The molecule has 1 aliphatic rings. The number of nitrogens with zero attached hydrogens (tertiary/aromatic N) is 1. The highest BCUT2D eigenvalue weighted by molar-refractivity contribution is 8.11. The van der Waals surface area contributed by atoms with E-state index in [2.05, 4.69) is 36.9 Å². The molecule has 0 saturated carbocycles. The zero-order chi connectivity index (χ0) is 9.14. The molecule has 1 heterocycles. The van der Waals surface area contributed by atoms with Crippen molar-refractivity contribution >= 4 is 29.2 Å². The van der Waals surface area contributed by atoms with Crippen molar-refractivity contribution in [1.82, 2.24) is 10.4 Å². The molecule has 0 radical (unpaired) electrons. The highest BCUT2D eigenvalue weighted by Gasteiger charge is 2.22. The molecule has 1 saturated heterocycles. The number of nitrogens with one attached hydrogen (secondary N) is 1. The fourth-order valence-corrected chi connectivity index (χ4v) is 1.81. The van der Waals surface area contributed by atoms with Crippen LogP contribution in [0.4, 0.5) is 0 Å². The molecule has 12 heavy (non-hydrogen) atoms. The Morgan fingerprint density at radius 2 is 2.17 bits per heavy atom. The average molecular weight is 204 g/mol. The maximum Gasteiger partial charge on any atom is 0.145 e. The Labute approximate surface area is 85.1 Å². The van der Waals surface area contributed by atoms with Gasteiger partial charge in [0.25, 0.3) is 0 Å². The second kappa shape index (κ2) is 4.44. The van der Waals surface area contributed by atoms with E-state index >= 15 is 0 Å². The summed E-state index contributed by atoms with van der Waals surface area (Å²) in [7, 11) is 0. The molecule has 0 aromatic heterocycles. The van der Waals surface area contributed by atoms with Crippen LogP contribution in [0.15, 0.2) is 0 Å². The number of hydrogen-bond donors (Lipinski definition) is 2. The zero-order valence-electron chi connectivity index (χ0n) is 7.58. The summed E-state index contributed by atoms with van der Waals surface area (Å²) in [4.78, 5) is 0. The van der Waals surface area contributed by atoms with E-state index in [1.54, 1.807) is 0 Å². The highest BCUT2D eigenvalue weighted by atomic mass is 32.1. The van der Waals surface area contributed by atoms with Crippen molar-refractivity contribution in [2.75, 3.05) is 6.54 Å². The molecule has 70 valence electrons. The predicted molar refractivity (Wildman–Crippen MR) is 59.3 cm³/mol. The van der Waals surface area contributed by atoms with Gasteiger partial charge in [0.1, 0.15) is 4.32 Å². The van der Waals surface area contributed by atoms with E-state index < -0.39 is 0 Å². The molecule has 0 aliphatic carbocycles. The van der Waals surface area contributed by atoms with Gasteiger partial charge < -0.3 is 5.43 Å². The van der Waals surface area contributed by atoms with Gasteiger partial charge in [-0.1, -0.05) is 19.1 Å². The van der Waals surface area contributed by atoms with Crippen molar-refractivity contribution in [2.45, 2.75) is 32.7 Å². The normalized spacial score (nSPS) is 31.6. The Bertz CT molecular complexity index is 172. The van der Waals surface area contributed by atoms with Gasteiger partial charge in [-0.2, -0.15) is 0 Å². The van der Waals surface area contributed by atoms with E-state index in [1.165, 1.54) is 12.8 Å². The third kappa shape index (κ3) is 2.92. The number of hydrogen-bond acceptors (Lipinski definition) is 2. The number of rotatable bonds is 1. The SMILES string of the molecule is CC1CCC(C)N(NC(=S)S)C1. The summed E-state index contributed by atoms with van der Waals surface area (Å²) in [5.41, 5.74) is 3.09. The van der Waals surface area contributed by atoms with Gasteiger partial charge in [-0.25, -0.2) is 5.01 Å². The van der Waals surface area contributed by atoms with Crippen LogP contribution in [0.1, 0.15) is 26.7 Å². The van der Waals surface area contributed by atoms with Gasteiger partial charge in [-0.3, -0.25) is 0 Å². The van der Waals surface area contributed by atoms with Gasteiger partial charge >= 0.3 is 0 Å². The van der Waals surface area contributed by atoms with E-state index in [0.29, 0.717) is 10.4 Å². The topological polar surface area (TPSA) is 15.3 Å². The van der Waals surface area contributed by atoms with Gasteiger partial charge in [0.05, 0.1) is 0 Å². The number of piperidine rings is 1. The number of hydrazine groups is 1. The average Bonchev–Trinajstić information content (AvgIpc) is 1.96. The Balaban J connectivity index is 2.43. The van der Waals surface area contributed by atoms with Crippen LogP contribution in [0.5, 0.6) is 0 Å². The molecule has 0 aromatic carbocycles. The van der Waals surface area contributed by atoms with Crippen LogP contribution in [0, 0.1) is 5.92 Å². The minimum Gasteiger partial charge on any atom is -0.304 e. The molecule has 1 rings (SSSR count). The minimum atomic E-state index is 0.566. The molecular weight excluding hydrogens is 188 g/mol. The Morgan fingerprint density at radius 1 is 1.50 bits per heavy atom. The number of thiocarbonyl (C=S) groups is 1. The van der Waals surface area contributed by atoms with Gasteiger partial charge in [-0.05, 0) is 25.7 Å². The third-order valence-corrected chi connectivity index (χ3v) is 2.55. The van der Waals surface area contributed by atoms with Crippen LogP contribution in [-0.4, -0.2) is 21.9 Å². The molecule has 0 amide bonds. The summed E-state index contributed by atoms with van der Waals surface area (Å²) in [6.45, 7) is 5.55. The zero-order valence-corrected chi connectivity index (χ0v) is 9.29. The lowest BCUT2D eigenvalue weighted by Crippen LogP contribution is -2.50. The van der Waals surface area contributed by atoms with Crippen molar-refractivity contribution in [3.05, 3.63) is 0 Å². The van der Waals surface area contributed by atoms with E-state index in [9.17, 15) is 0 Å². The summed E-state index contributed by atoms with van der Waals surface area (Å²) in [5, 5.41) is 2.18. The first-order valence-electron chi connectivity index (χ1n) is 4.36. The lowest BCUT2D eigenvalue weighted by atomic mass is 9.97. The molecule has 2 atom stereocenters. The van der Waals surface area contributed by atoms with Gasteiger partial charge in [-0.15, -0.1) is 12.6 Å². The summed E-state index contributed by atoms with van der Waals surface area (Å²) < 4.78 is 0.566. The number of thiol groups is 1. The van der Waals surface area contributed by atoms with Crippen molar-refractivity contribution < 1.29 is 0 Å². The van der Waals surface area contributed by atoms with E-state index in [-0.39, 0.29) is 0 Å². The lowest BCUT2D eigenvalue weighted by molar-refractivity contribution is 0.0989. The summed E-state index contributed by atoms with van der Waals surface area (Å²) in [6, 6.07) is 0.575. The molecule has 0 aromatic rings. The first-order valence-corrected chi connectivity index (χ1v) is 5.21. The van der Waals surface area contributed by atoms with Crippen LogP contribution in [-0.2, 0) is 0 Å². The van der Waals surface area contributed by atoms with Crippen molar-refractivity contribution in [1.29, 1.82) is 0 Å². The monoisotopic (exact) mass is 204 g/mol. The summed E-state index contributed by atoms with van der Waals surface area (Å²) >= 11 is 8.94.